The molecule has 3 nitrogen and oxygen atoms in total. The maximum atomic E-state index is 11.7. The van der Waals surface area contributed by atoms with E-state index in [1.165, 1.54) is 44.9 Å². The van der Waals surface area contributed by atoms with Crippen LogP contribution in [-0.4, -0.2) is 17.8 Å². The van der Waals surface area contributed by atoms with Gasteiger partial charge in [-0.1, -0.05) is 65.3 Å². The van der Waals surface area contributed by atoms with E-state index in [1.807, 2.05) is 5.57 Å². The first kappa shape index (κ1) is 24.0. The molecule has 4 fully saturated rings. The highest BCUT2D eigenvalue weighted by molar-refractivity contribution is 5.33. The maximum absolute atomic E-state index is 11.7. The Kier molecular flexibility index (Phi) is 5.22. The molecule has 33 heavy (non-hydrogen) atoms. The lowest BCUT2D eigenvalue weighted by Crippen LogP contribution is -2.63. The first-order chi connectivity index (χ1) is 15.3. The second kappa shape index (κ2) is 7.17. The first-order valence-corrected chi connectivity index (χ1v) is 13.9. The fourth-order valence-corrected chi connectivity index (χ4v) is 11.0. The van der Waals surface area contributed by atoms with Crippen molar-refractivity contribution in [1.82, 2.24) is 0 Å². The van der Waals surface area contributed by atoms with Crippen LogP contribution in [-0.2, 0) is 0 Å². The molecule has 0 amide bonds. The summed E-state index contributed by atoms with van der Waals surface area (Å²) in [6.07, 6.45) is 15.0. The second-order valence-electron chi connectivity index (χ2n) is 15.2. The Labute approximate surface area is 202 Å². The van der Waals surface area contributed by atoms with E-state index >= 15 is 0 Å². The number of hydrogen-bond donors (Lipinski definition) is 1. The third-order valence-electron chi connectivity index (χ3n) is 13.2. The van der Waals surface area contributed by atoms with Gasteiger partial charge in [0.1, 0.15) is 0 Å². The van der Waals surface area contributed by atoms with E-state index < -0.39 is 0 Å². The van der Waals surface area contributed by atoms with Gasteiger partial charge in [0.15, 0.2) is 0 Å². The Balaban J connectivity index is 1.56. The monoisotopic (exact) mass is 455 g/mol. The van der Waals surface area contributed by atoms with Gasteiger partial charge in [-0.3, -0.25) is 0 Å². The van der Waals surface area contributed by atoms with Crippen LogP contribution >= 0.6 is 0 Å². The molecule has 3 heteroatoms. The highest BCUT2D eigenvalue weighted by Gasteiger charge is 2.67. The van der Waals surface area contributed by atoms with Gasteiger partial charge in [0.05, 0.1) is 12.6 Å². The topological polar surface area (TPSA) is 49.7 Å². The van der Waals surface area contributed by atoms with Gasteiger partial charge in [0.2, 0.25) is 0 Å². The molecule has 0 bridgehead atoms. The highest BCUT2D eigenvalue weighted by Crippen LogP contribution is 2.74. The summed E-state index contributed by atoms with van der Waals surface area (Å²) in [7, 11) is 0. The number of fused-ring (bicyclic) bond motifs is 7. The Morgan fingerprint density at radius 1 is 0.879 bits per heavy atom. The number of hydrogen-bond acceptors (Lipinski definition) is 3. The molecule has 9 atom stereocenters. The zero-order valence-corrected chi connectivity index (χ0v) is 22.5. The van der Waals surface area contributed by atoms with Gasteiger partial charge < -0.3 is 5.11 Å². The Morgan fingerprint density at radius 3 is 2.24 bits per heavy atom. The zero-order valence-electron chi connectivity index (χ0n) is 22.5. The molecule has 5 rings (SSSR count). The molecule has 0 aliphatic heterocycles. The van der Waals surface area contributed by atoms with Gasteiger partial charge in [0.25, 0.3) is 0 Å². The summed E-state index contributed by atoms with van der Waals surface area (Å²) >= 11 is 0. The minimum Gasteiger partial charge on any atom is -0.396 e. The van der Waals surface area contributed by atoms with Gasteiger partial charge in [-0.05, 0) is 109 Å². The number of nitroso groups, excluding NO2 is 1. The Morgan fingerprint density at radius 2 is 1.58 bits per heavy atom. The van der Waals surface area contributed by atoms with Crippen LogP contribution in [0.2, 0.25) is 0 Å². The Hall–Kier alpha value is -0.700. The molecule has 1 N–H and O–H groups in total. The van der Waals surface area contributed by atoms with Crippen molar-refractivity contribution in [3.8, 4) is 0 Å². The van der Waals surface area contributed by atoms with E-state index in [2.05, 4.69) is 59.7 Å². The van der Waals surface area contributed by atoms with Gasteiger partial charge in [-0.25, -0.2) is 0 Å². The molecule has 0 radical (unpaired) electrons. The molecule has 0 aromatic rings. The van der Waals surface area contributed by atoms with E-state index in [4.69, 9.17) is 0 Å². The van der Waals surface area contributed by atoms with Gasteiger partial charge in [0, 0.05) is 5.41 Å². The minimum atomic E-state index is -0.370. The summed E-state index contributed by atoms with van der Waals surface area (Å²) in [4.78, 5) is 11.7. The third kappa shape index (κ3) is 2.96. The number of rotatable bonds is 2. The van der Waals surface area contributed by atoms with Crippen LogP contribution in [0.1, 0.15) is 113 Å². The van der Waals surface area contributed by atoms with E-state index in [-0.39, 0.29) is 23.5 Å². The summed E-state index contributed by atoms with van der Waals surface area (Å²) in [5.74, 6) is 1.72. The van der Waals surface area contributed by atoms with Crippen LogP contribution in [0.4, 0.5) is 0 Å². The summed E-state index contributed by atoms with van der Waals surface area (Å²) in [5, 5.41) is 14.0. The van der Waals surface area contributed by atoms with Gasteiger partial charge in [-0.2, -0.15) is 4.91 Å². The van der Waals surface area contributed by atoms with Crippen LogP contribution in [0.5, 0.6) is 0 Å². The SMILES string of the molecule is CC1(C)CCC2(C)CCC3C(=CCC4C3(C)CCC3C(C)(CO)C(N=O)CCC34C)C2(C)C1. The quantitative estimate of drug-likeness (QED) is 0.339. The number of allylic oxidation sites excluding steroid dienone is 2. The molecule has 186 valence electrons. The van der Waals surface area contributed by atoms with Crippen molar-refractivity contribution >= 4 is 0 Å². The van der Waals surface area contributed by atoms with E-state index in [9.17, 15) is 10.0 Å². The highest BCUT2D eigenvalue weighted by atomic mass is 16.3. The van der Waals surface area contributed by atoms with E-state index in [1.54, 1.807) is 0 Å². The second-order valence-corrected chi connectivity index (χ2v) is 15.2. The molecule has 4 saturated carbocycles. The van der Waals surface area contributed by atoms with Gasteiger partial charge in [-0.15, -0.1) is 0 Å². The molecule has 9 unspecified atom stereocenters. The largest absolute Gasteiger partial charge is 0.396 e. The predicted molar refractivity (Wildman–Crippen MR) is 136 cm³/mol. The molecule has 0 aromatic heterocycles. The lowest BCUT2D eigenvalue weighted by Gasteiger charge is -2.70. The van der Waals surface area contributed by atoms with E-state index in [0.29, 0.717) is 39.4 Å². The molecule has 5 aliphatic carbocycles. The van der Waals surface area contributed by atoms with Crippen LogP contribution in [0.25, 0.3) is 0 Å². The predicted octanol–water partition coefficient (Wildman–Crippen LogP) is 7.92. The zero-order chi connectivity index (χ0) is 24.1. The minimum absolute atomic E-state index is 0.0864. The number of aliphatic hydroxyl groups excluding tert-OH is 1. The lowest BCUT2D eigenvalue weighted by molar-refractivity contribution is -0.177. The smallest absolute Gasteiger partial charge is 0.0998 e. The molecular formula is C30H49NO2. The summed E-state index contributed by atoms with van der Waals surface area (Å²) in [6, 6.07) is -0.238. The van der Waals surface area contributed by atoms with Crippen LogP contribution in [0, 0.1) is 55.2 Å². The van der Waals surface area contributed by atoms with Crippen molar-refractivity contribution < 1.29 is 5.11 Å². The normalized spacial score (nSPS) is 55.3. The lowest BCUT2D eigenvalue weighted by atomic mass is 9.35. The fourth-order valence-electron chi connectivity index (χ4n) is 11.0. The standard InChI is InChI=1S/C30H49NO2/c1-25(2)16-17-26(3)13-10-20-21(30(26,7)18-25)8-9-22-27(20,4)14-11-23-28(22,5)15-12-24(31-33)29(23,6)19-32/h8,20,22-24,32H,9-19H2,1-7H3. The van der Waals surface area contributed by atoms with Crippen LogP contribution in [0.15, 0.2) is 16.8 Å². The third-order valence-corrected chi connectivity index (χ3v) is 13.2. The summed E-state index contributed by atoms with van der Waals surface area (Å²) < 4.78 is 0. The van der Waals surface area contributed by atoms with E-state index in [0.717, 1.165) is 19.3 Å². The molecule has 0 aromatic carbocycles. The van der Waals surface area contributed by atoms with Crippen molar-refractivity contribution in [2.24, 2.45) is 55.4 Å². The maximum Gasteiger partial charge on any atom is 0.0998 e. The Bertz CT molecular complexity index is 863. The number of aliphatic hydroxyl groups is 1. The summed E-state index contributed by atoms with van der Waals surface area (Å²) in [5.41, 5.74) is 3.16. The summed E-state index contributed by atoms with van der Waals surface area (Å²) in [6.45, 7) is 17.6. The van der Waals surface area contributed by atoms with Crippen molar-refractivity contribution in [3.63, 3.8) is 0 Å². The molecule has 5 aliphatic rings. The van der Waals surface area contributed by atoms with Crippen molar-refractivity contribution in [1.29, 1.82) is 0 Å². The van der Waals surface area contributed by atoms with Crippen molar-refractivity contribution in [3.05, 3.63) is 16.6 Å². The molecule has 0 saturated heterocycles. The average Bonchev–Trinajstić information content (AvgIpc) is 2.74. The molecular weight excluding hydrogens is 406 g/mol. The number of nitrogens with zero attached hydrogens (tertiary/aromatic N) is 1. The first-order valence-electron chi connectivity index (χ1n) is 13.9. The van der Waals surface area contributed by atoms with Crippen molar-refractivity contribution in [2.75, 3.05) is 6.61 Å². The van der Waals surface area contributed by atoms with Crippen LogP contribution in [0.3, 0.4) is 0 Å². The van der Waals surface area contributed by atoms with Crippen LogP contribution < -0.4 is 0 Å². The average molecular weight is 456 g/mol. The molecule has 0 heterocycles. The molecule has 0 spiro atoms. The van der Waals surface area contributed by atoms with Crippen molar-refractivity contribution in [2.45, 2.75) is 119 Å². The van der Waals surface area contributed by atoms with Gasteiger partial charge >= 0.3 is 0 Å². The fraction of sp³-hybridized carbons (Fsp3) is 0.933.